The van der Waals surface area contributed by atoms with Gasteiger partial charge in [0, 0.05) is 16.6 Å². The van der Waals surface area contributed by atoms with Gasteiger partial charge in [0.15, 0.2) is 0 Å². The van der Waals surface area contributed by atoms with E-state index >= 15 is 0 Å². The first-order valence-electron chi connectivity index (χ1n) is 9.51. The SMILES string of the molecule is CCc1ccc(-c2cc(C(=O)Nc3cccc(C)c3)c3ccccc3n2)cc1. The lowest BCUT2D eigenvalue weighted by Crippen LogP contribution is -2.13. The highest BCUT2D eigenvalue weighted by Gasteiger charge is 2.14. The Labute approximate surface area is 165 Å². The summed E-state index contributed by atoms with van der Waals surface area (Å²) in [6, 6.07) is 25.8. The Morgan fingerprint density at radius 3 is 2.46 bits per heavy atom. The number of pyridine rings is 1. The van der Waals surface area contributed by atoms with Crippen molar-refractivity contribution in [1.82, 2.24) is 4.98 Å². The van der Waals surface area contributed by atoms with Crippen LogP contribution in [0.3, 0.4) is 0 Å². The van der Waals surface area contributed by atoms with Crippen LogP contribution in [0.15, 0.2) is 78.9 Å². The molecular weight excluding hydrogens is 344 g/mol. The quantitative estimate of drug-likeness (QED) is 0.479. The Bertz CT molecular complexity index is 1150. The molecule has 3 aromatic carbocycles. The van der Waals surface area contributed by atoms with E-state index in [1.807, 2.05) is 61.5 Å². The number of carbonyl (C=O) groups is 1. The minimum Gasteiger partial charge on any atom is -0.322 e. The fourth-order valence-corrected chi connectivity index (χ4v) is 3.34. The summed E-state index contributed by atoms with van der Waals surface area (Å²) < 4.78 is 0. The summed E-state index contributed by atoms with van der Waals surface area (Å²) >= 11 is 0. The molecule has 3 nitrogen and oxygen atoms in total. The van der Waals surface area contributed by atoms with E-state index in [-0.39, 0.29) is 5.91 Å². The smallest absolute Gasteiger partial charge is 0.256 e. The van der Waals surface area contributed by atoms with E-state index in [9.17, 15) is 4.79 Å². The number of rotatable bonds is 4. The standard InChI is InChI=1S/C25H22N2O/c1-3-18-11-13-19(14-12-18)24-16-22(21-9-4-5-10-23(21)27-24)25(28)26-20-8-6-7-17(2)15-20/h4-16H,3H2,1-2H3,(H,26,28). The Morgan fingerprint density at radius 2 is 1.71 bits per heavy atom. The average Bonchev–Trinajstić information content (AvgIpc) is 2.73. The Morgan fingerprint density at radius 1 is 0.929 bits per heavy atom. The molecule has 4 rings (SSSR count). The van der Waals surface area contributed by atoms with E-state index in [1.165, 1.54) is 5.56 Å². The third kappa shape index (κ3) is 3.65. The van der Waals surface area contributed by atoms with Crippen LogP contribution in [0.5, 0.6) is 0 Å². The molecule has 0 saturated carbocycles. The van der Waals surface area contributed by atoms with Gasteiger partial charge in [-0.1, -0.05) is 61.5 Å². The van der Waals surface area contributed by atoms with Crippen molar-refractivity contribution < 1.29 is 4.79 Å². The number of aryl methyl sites for hydroxylation is 2. The molecule has 138 valence electrons. The fourth-order valence-electron chi connectivity index (χ4n) is 3.34. The molecule has 1 heterocycles. The molecule has 1 aromatic heterocycles. The van der Waals surface area contributed by atoms with Crippen molar-refractivity contribution in [2.75, 3.05) is 5.32 Å². The lowest BCUT2D eigenvalue weighted by Gasteiger charge is -2.11. The van der Waals surface area contributed by atoms with Crippen molar-refractivity contribution in [2.45, 2.75) is 20.3 Å². The number of hydrogen-bond donors (Lipinski definition) is 1. The third-order valence-electron chi connectivity index (χ3n) is 4.89. The lowest BCUT2D eigenvalue weighted by molar-refractivity contribution is 0.102. The summed E-state index contributed by atoms with van der Waals surface area (Å²) in [6.07, 6.45) is 0.996. The minimum absolute atomic E-state index is 0.129. The molecule has 3 heteroatoms. The number of carbonyl (C=O) groups excluding carboxylic acids is 1. The van der Waals surface area contributed by atoms with Gasteiger partial charge in [-0.3, -0.25) is 4.79 Å². The number of anilines is 1. The molecule has 4 aromatic rings. The molecule has 0 aliphatic carbocycles. The highest BCUT2D eigenvalue weighted by molar-refractivity contribution is 6.13. The first-order chi connectivity index (χ1) is 13.6. The van der Waals surface area contributed by atoms with Crippen LogP contribution in [0.25, 0.3) is 22.2 Å². The predicted octanol–water partition coefficient (Wildman–Crippen LogP) is 6.02. The van der Waals surface area contributed by atoms with Gasteiger partial charge in [0.25, 0.3) is 5.91 Å². The predicted molar refractivity (Wildman–Crippen MR) is 116 cm³/mol. The highest BCUT2D eigenvalue weighted by atomic mass is 16.1. The summed E-state index contributed by atoms with van der Waals surface area (Å²) in [5.41, 5.74) is 6.43. The minimum atomic E-state index is -0.129. The molecule has 0 aliphatic rings. The van der Waals surface area contributed by atoms with Crippen LogP contribution < -0.4 is 5.32 Å². The first kappa shape index (κ1) is 17.9. The Hall–Kier alpha value is -3.46. The van der Waals surface area contributed by atoms with Gasteiger partial charge in [-0.15, -0.1) is 0 Å². The van der Waals surface area contributed by atoms with Crippen LogP contribution in [-0.2, 0) is 6.42 Å². The molecule has 1 N–H and O–H groups in total. The molecule has 0 bridgehead atoms. The van der Waals surface area contributed by atoms with Crippen molar-refractivity contribution in [3.8, 4) is 11.3 Å². The van der Waals surface area contributed by atoms with Gasteiger partial charge in [0.05, 0.1) is 16.8 Å². The zero-order valence-corrected chi connectivity index (χ0v) is 16.1. The number of benzene rings is 3. The van der Waals surface area contributed by atoms with Gasteiger partial charge in [-0.25, -0.2) is 4.98 Å². The number of amides is 1. The second kappa shape index (κ2) is 7.65. The third-order valence-corrected chi connectivity index (χ3v) is 4.89. The van der Waals surface area contributed by atoms with Crippen LogP contribution in [0.2, 0.25) is 0 Å². The number of aromatic nitrogens is 1. The maximum absolute atomic E-state index is 13.1. The van der Waals surface area contributed by atoms with Gasteiger partial charge < -0.3 is 5.32 Å². The number of nitrogens with one attached hydrogen (secondary N) is 1. The molecule has 1 amide bonds. The Kier molecular flexibility index (Phi) is 4.90. The van der Waals surface area contributed by atoms with Crippen molar-refractivity contribution in [2.24, 2.45) is 0 Å². The maximum Gasteiger partial charge on any atom is 0.256 e. The van der Waals surface area contributed by atoms with Gasteiger partial charge >= 0.3 is 0 Å². The van der Waals surface area contributed by atoms with Gasteiger partial charge in [-0.05, 0) is 48.7 Å². The summed E-state index contributed by atoms with van der Waals surface area (Å²) in [5.74, 6) is -0.129. The second-order valence-corrected chi connectivity index (χ2v) is 6.95. The van der Waals surface area contributed by atoms with E-state index in [0.717, 1.165) is 39.8 Å². The van der Waals surface area contributed by atoms with Crippen molar-refractivity contribution in [1.29, 1.82) is 0 Å². The Balaban J connectivity index is 1.78. The molecule has 0 spiro atoms. The van der Waals surface area contributed by atoms with E-state index in [0.29, 0.717) is 5.56 Å². The maximum atomic E-state index is 13.1. The van der Waals surface area contributed by atoms with Gasteiger partial charge in [-0.2, -0.15) is 0 Å². The molecule has 0 saturated heterocycles. The molecule has 28 heavy (non-hydrogen) atoms. The zero-order chi connectivity index (χ0) is 19.5. The lowest BCUT2D eigenvalue weighted by atomic mass is 10.0. The van der Waals surface area contributed by atoms with Gasteiger partial charge in [0.1, 0.15) is 0 Å². The largest absolute Gasteiger partial charge is 0.322 e. The fraction of sp³-hybridized carbons (Fsp3) is 0.120. The van der Waals surface area contributed by atoms with Gasteiger partial charge in [0.2, 0.25) is 0 Å². The molecule has 0 atom stereocenters. The number of fused-ring (bicyclic) bond motifs is 1. The summed E-state index contributed by atoms with van der Waals surface area (Å²) in [7, 11) is 0. The molecular formula is C25H22N2O. The van der Waals surface area contributed by atoms with Crippen LogP contribution in [0.4, 0.5) is 5.69 Å². The van der Waals surface area contributed by atoms with Crippen LogP contribution in [0.1, 0.15) is 28.4 Å². The zero-order valence-electron chi connectivity index (χ0n) is 16.1. The number of nitrogens with zero attached hydrogens (tertiary/aromatic N) is 1. The monoisotopic (exact) mass is 366 g/mol. The summed E-state index contributed by atoms with van der Waals surface area (Å²) in [6.45, 7) is 4.15. The summed E-state index contributed by atoms with van der Waals surface area (Å²) in [4.78, 5) is 17.9. The van der Waals surface area contributed by atoms with Crippen LogP contribution >= 0.6 is 0 Å². The molecule has 0 radical (unpaired) electrons. The second-order valence-electron chi connectivity index (χ2n) is 6.95. The number of hydrogen-bond acceptors (Lipinski definition) is 2. The van der Waals surface area contributed by atoms with E-state index in [1.54, 1.807) is 0 Å². The topological polar surface area (TPSA) is 42.0 Å². The summed E-state index contributed by atoms with van der Waals surface area (Å²) in [5, 5.41) is 3.87. The van der Waals surface area contributed by atoms with Crippen LogP contribution in [0, 0.1) is 6.92 Å². The average molecular weight is 366 g/mol. The molecule has 0 aliphatic heterocycles. The number of para-hydroxylation sites is 1. The molecule has 0 fully saturated rings. The van der Waals surface area contributed by atoms with Crippen LogP contribution in [-0.4, -0.2) is 10.9 Å². The normalized spacial score (nSPS) is 10.8. The van der Waals surface area contributed by atoms with E-state index in [4.69, 9.17) is 4.98 Å². The van der Waals surface area contributed by atoms with Crippen molar-refractivity contribution in [3.63, 3.8) is 0 Å². The first-order valence-corrected chi connectivity index (χ1v) is 9.51. The van der Waals surface area contributed by atoms with Crippen molar-refractivity contribution >= 4 is 22.5 Å². The van der Waals surface area contributed by atoms with Crippen molar-refractivity contribution in [3.05, 3.63) is 95.6 Å². The van der Waals surface area contributed by atoms with E-state index < -0.39 is 0 Å². The highest BCUT2D eigenvalue weighted by Crippen LogP contribution is 2.26. The molecule has 0 unspecified atom stereocenters. The van der Waals surface area contributed by atoms with E-state index in [2.05, 4.69) is 36.5 Å².